The Morgan fingerprint density at radius 2 is 2.50 bits per heavy atom. The molecule has 0 rings (SSSR count). The van der Waals surface area contributed by atoms with Crippen molar-refractivity contribution >= 4 is 17.6 Å². The Morgan fingerprint density at radius 1 is 2.00 bits per heavy atom. The number of ether oxygens (including phenoxy) is 1. The third-order valence-corrected chi connectivity index (χ3v) is 0.678. The Morgan fingerprint density at radius 3 is 2.62 bits per heavy atom. The molecule has 0 aliphatic carbocycles. The van der Waals surface area contributed by atoms with Gasteiger partial charge in [0, 0.05) is 0 Å². The van der Waals surface area contributed by atoms with Gasteiger partial charge in [-0.3, -0.25) is 4.79 Å². The third-order valence-electron chi connectivity index (χ3n) is 0.569. The lowest BCUT2D eigenvalue weighted by Crippen LogP contribution is -2.28. The van der Waals surface area contributed by atoms with E-state index in [4.69, 9.17) is 17.3 Å². The summed E-state index contributed by atoms with van der Waals surface area (Å²) < 4.78 is 4.30. The van der Waals surface area contributed by atoms with Crippen molar-refractivity contribution < 1.29 is 9.53 Å². The minimum absolute atomic E-state index is 0.125. The number of alkyl halides is 1. The number of carbonyl (C=O) groups is 1. The molecule has 8 heavy (non-hydrogen) atoms. The molecule has 4 heteroatoms. The van der Waals surface area contributed by atoms with Crippen LogP contribution in [0, 0.1) is 0 Å². The zero-order chi connectivity index (χ0) is 6.57. The van der Waals surface area contributed by atoms with Crippen LogP contribution < -0.4 is 5.73 Å². The van der Waals surface area contributed by atoms with E-state index < -0.39 is 12.0 Å². The molecule has 0 saturated heterocycles. The van der Waals surface area contributed by atoms with Crippen LogP contribution in [-0.2, 0) is 9.53 Å². The number of rotatable bonds is 2. The van der Waals surface area contributed by atoms with Gasteiger partial charge in [-0.25, -0.2) is 0 Å². The molecule has 0 radical (unpaired) electrons. The summed E-state index contributed by atoms with van der Waals surface area (Å²) in [6.45, 7) is 1.54. The molecule has 0 saturated carbocycles. The molecule has 0 amide bonds. The molecule has 0 aliphatic rings. The van der Waals surface area contributed by atoms with Crippen molar-refractivity contribution in [1.82, 2.24) is 0 Å². The maximum atomic E-state index is 10.3. The van der Waals surface area contributed by atoms with Gasteiger partial charge in [0.1, 0.15) is 6.04 Å². The van der Waals surface area contributed by atoms with Gasteiger partial charge in [-0.1, -0.05) is 11.6 Å². The molecule has 3 nitrogen and oxygen atoms in total. The molecule has 0 fully saturated rings. The molecular formula is C4H8ClNO2. The Bertz CT molecular complexity index is 84.1. The van der Waals surface area contributed by atoms with E-state index in [2.05, 4.69) is 4.74 Å². The van der Waals surface area contributed by atoms with E-state index in [0.29, 0.717) is 0 Å². The smallest absolute Gasteiger partial charge is 0.323 e. The molecule has 0 unspecified atom stereocenters. The van der Waals surface area contributed by atoms with E-state index >= 15 is 0 Å². The topological polar surface area (TPSA) is 52.3 Å². The van der Waals surface area contributed by atoms with Gasteiger partial charge in [0.15, 0.2) is 6.07 Å². The molecule has 48 valence electrons. The van der Waals surface area contributed by atoms with Crippen LogP contribution in [0.4, 0.5) is 0 Å². The van der Waals surface area contributed by atoms with Crippen molar-refractivity contribution in [3.8, 4) is 0 Å². The zero-order valence-electron chi connectivity index (χ0n) is 4.56. The van der Waals surface area contributed by atoms with Crippen LogP contribution in [0.3, 0.4) is 0 Å². The Balaban J connectivity index is 3.33. The molecule has 1 atom stereocenters. The highest BCUT2D eigenvalue weighted by atomic mass is 35.5. The average Bonchev–Trinajstić information content (AvgIpc) is 1.67. The van der Waals surface area contributed by atoms with Gasteiger partial charge in [-0.15, -0.1) is 0 Å². The highest BCUT2D eigenvalue weighted by Crippen LogP contribution is 1.84. The summed E-state index contributed by atoms with van der Waals surface area (Å²) >= 11 is 5.04. The number of carbonyl (C=O) groups excluding carboxylic acids is 1. The van der Waals surface area contributed by atoms with Crippen LogP contribution in [0.15, 0.2) is 0 Å². The number of halogens is 1. The Kier molecular flexibility index (Phi) is 3.56. The number of hydrogen-bond acceptors (Lipinski definition) is 3. The molecular weight excluding hydrogens is 130 g/mol. The molecule has 0 heterocycles. The lowest BCUT2D eigenvalue weighted by atomic mass is 10.4. The van der Waals surface area contributed by atoms with E-state index in [0.717, 1.165) is 0 Å². The Labute approximate surface area is 52.8 Å². The van der Waals surface area contributed by atoms with E-state index in [1.54, 1.807) is 0 Å². The number of hydrogen-bond donors (Lipinski definition) is 1. The predicted octanol–water partition coefficient (Wildman–Crippen LogP) is 0.0731. The van der Waals surface area contributed by atoms with E-state index in [1.165, 1.54) is 6.92 Å². The van der Waals surface area contributed by atoms with Gasteiger partial charge >= 0.3 is 5.97 Å². The number of nitrogens with two attached hydrogens (primary N) is 1. The second-order valence-corrected chi connectivity index (χ2v) is 1.58. The first-order chi connectivity index (χ1) is 3.68. The van der Waals surface area contributed by atoms with Crippen LogP contribution in [0.25, 0.3) is 0 Å². The van der Waals surface area contributed by atoms with Gasteiger partial charge in [-0.2, -0.15) is 0 Å². The summed E-state index contributed by atoms with van der Waals surface area (Å²) in [6, 6.07) is -0.700. The van der Waals surface area contributed by atoms with Crippen molar-refractivity contribution in [3.05, 3.63) is 0 Å². The van der Waals surface area contributed by atoms with Crippen LogP contribution in [0.1, 0.15) is 6.92 Å². The zero-order valence-corrected chi connectivity index (χ0v) is 5.31. The molecule has 0 aromatic heterocycles. The minimum atomic E-state index is -0.575. The summed E-state index contributed by atoms with van der Waals surface area (Å²) in [5.74, 6) is -0.472. The SMILES string of the molecule is C[C@H](N)C(=O)OCCl. The van der Waals surface area contributed by atoms with Gasteiger partial charge in [-0.05, 0) is 6.92 Å². The maximum absolute atomic E-state index is 10.3. The molecule has 0 aromatic rings. The monoisotopic (exact) mass is 137 g/mol. The lowest BCUT2D eigenvalue weighted by Gasteiger charge is -2.01. The van der Waals surface area contributed by atoms with Crippen molar-refractivity contribution in [2.24, 2.45) is 5.73 Å². The Hall–Kier alpha value is -0.280. The van der Waals surface area contributed by atoms with Crippen LogP contribution in [0.5, 0.6) is 0 Å². The summed E-state index contributed by atoms with van der Waals surface area (Å²) in [5.41, 5.74) is 5.09. The first-order valence-corrected chi connectivity index (χ1v) is 2.70. The van der Waals surface area contributed by atoms with E-state index in [1.807, 2.05) is 0 Å². The highest BCUT2D eigenvalue weighted by molar-refractivity contribution is 6.17. The van der Waals surface area contributed by atoms with Gasteiger partial charge in [0.25, 0.3) is 0 Å². The fourth-order valence-electron chi connectivity index (χ4n) is 0.185. The standard InChI is InChI=1S/C4H8ClNO2/c1-3(6)4(7)8-2-5/h3H,2,6H2,1H3/t3-/m0/s1. The summed E-state index contributed by atoms with van der Waals surface area (Å²) in [6.07, 6.45) is 0. The van der Waals surface area contributed by atoms with Crippen molar-refractivity contribution in [2.45, 2.75) is 13.0 Å². The molecule has 2 N–H and O–H groups in total. The van der Waals surface area contributed by atoms with Crippen molar-refractivity contribution in [1.29, 1.82) is 0 Å². The largest absolute Gasteiger partial charge is 0.448 e. The van der Waals surface area contributed by atoms with Gasteiger partial charge in [0.05, 0.1) is 0 Å². The molecule has 0 aromatic carbocycles. The van der Waals surface area contributed by atoms with Crippen molar-refractivity contribution in [2.75, 3.05) is 6.07 Å². The maximum Gasteiger partial charge on any atom is 0.323 e. The van der Waals surface area contributed by atoms with E-state index in [-0.39, 0.29) is 6.07 Å². The second-order valence-electron chi connectivity index (χ2n) is 1.36. The average molecular weight is 138 g/mol. The molecule has 0 bridgehead atoms. The highest BCUT2D eigenvalue weighted by Gasteiger charge is 2.05. The quantitative estimate of drug-likeness (QED) is 0.433. The van der Waals surface area contributed by atoms with Crippen molar-refractivity contribution in [3.63, 3.8) is 0 Å². The minimum Gasteiger partial charge on any atom is -0.448 e. The molecule has 0 spiro atoms. The fraction of sp³-hybridized carbons (Fsp3) is 0.750. The predicted molar refractivity (Wildman–Crippen MR) is 30.5 cm³/mol. The number of esters is 1. The fourth-order valence-corrected chi connectivity index (χ4v) is 0.293. The summed E-state index contributed by atoms with van der Waals surface area (Å²) in [7, 11) is 0. The van der Waals surface area contributed by atoms with Crippen LogP contribution >= 0.6 is 11.6 Å². The second kappa shape index (κ2) is 3.69. The first kappa shape index (κ1) is 7.72. The van der Waals surface area contributed by atoms with E-state index in [9.17, 15) is 4.79 Å². The van der Waals surface area contributed by atoms with Gasteiger partial charge in [0.2, 0.25) is 0 Å². The summed E-state index contributed by atoms with van der Waals surface area (Å²) in [4.78, 5) is 10.3. The third kappa shape index (κ3) is 2.82. The van der Waals surface area contributed by atoms with Crippen LogP contribution in [0.2, 0.25) is 0 Å². The summed E-state index contributed by atoms with van der Waals surface area (Å²) in [5, 5.41) is 0. The normalized spacial score (nSPS) is 12.9. The first-order valence-electron chi connectivity index (χ1n) is 2.16. The van der Waals surface area contributed by atoms with Gasteiger partial charge < -0.3 is 10.5 Å². The van der Waals surface area contributed by atoms with Crippen LogP contribution in [-0.4, -0.2) is 18.1 Å². The lowest BCUT2D eigenvalue weighted by molar-refractivity contribution is -0.142. The molecule has 0 aliphatic heterocycles.